The number of carboxylic acid groups (broad SMARTS) is 1. The number of hydrogen-bond donors (Lipinski definition) is 1. The number of esters is 1. The van der Waals surface area contributed by atoms with Gasteiger partial charge in [0.15, 0.2) is 0 Å². The van der Waals surface area contributed by atoms with Crippen molar-refractivity contribution in [3.8, 4) is 0 Å². The lowest BCUT2D eigenvalue weighted by atomic mass is 9.96. The van der Waals surface area contributed by atoms with Gasteiger partial charge in [-0.3, -0.25) is 9.59 Å². The number of aliphatic carboxylic acids is 1. The van der Waals surface area contributed by atoms with Crippen LogP contribution in [0, 0.1) is 0 Å². The maximum atomic E-state index is 11.7. The summed E-state index contributed by atoms with van der Waals surface area (Å²) in [5, 5.41) is 9.24. The molecule has 0 aliphatic heterocycles. The van der Waals surface area contributed by atoms with E-state index in [0.717, 1.165) is 4.47 Å². The molecule has 1 rings (SSSR count). The van der Waals surface area contributed by atoms with Crippen molar-refractivity contribution >= 4 is 27.9 Å². The standard InChI is InChI=1S/C14H17BrO4/c1-14(2,3)19-12(16)8-11(13(17)18)9-5-4-6-10(15)7-9/h4-7,11H,8H2,1-3H3,(H,17,18). The van der Waals surface area contributed by atoms with E-state index in [-0.39, 0.29) is 6.42 Å². The second-order valence-corrected chi connectivity index (χ2v) is 6.15. The SMILES string of the molecule is CC(C)(C)OC(=O)CC(C(=O)O)c1cccc(Br)c1. The summed E-state index contributed by atoms with van der Waals surface area (Å²) in [6.07, 6.45) is -0.178. The number of carboxylic acids is 1. The topological polar surface area (TPSA) is 63.6 Å². The zero-order valence-electron chi connectivity index (χ0n) is 11.1. The third-order valence-corrected chi connectivity index (χ3v) is 2.83. The van der Waals surface area contributed by atoms with Crippen molar-refractivity contribution in [1.82, 2.24) is 0 Å². The van der Waals surface area contributed by atoms with Crippen LogP contribution in [0.2, 0.25) is 0 Å². The molecule has 0 fully saturated rings. The van der Waals surface area contributed by atoms with Crippen molar-refractivity contribution < 1.29 is 19.4 Å². The number of ether oxygens (including phenoxy) is 1. The number of halogens is 1. The van der Waals surface area contributed by atoms with Gasteiger partial charge in [-0.1, -0.05) is 28.1 Å². The molecule has 1 unspecified atom stereocenters. The van der Waals surface area contributed by atoms with Crippen molar-refractivity contribution in [3.05, 3.63) is 34.3 Å². The summed E-state index contributed by atoms with van der Waals surface area (Å²) >= 11 is 3.29. The van der Waals surface area contributed by atoms with Crippen LogP contribution in [0.4, 0.5) is 0 Å². The van der Waals surface area contributed by atoms with Gasteiger partial charge in [0, 0.05) is 4.47 Å². The normalized spacial score (nSPS) is 12.8. The first-order valence-corrected chi connectivity index (χ1v) is 6.68. The number of benzene rings is 1. The van der Waals surface area contributed by atoms with E-state index >= 15 is 0 Å². The molecule has 1 atom stereocenters. The highest BCUT2D eigenvalue weighted by atomic mass is 79.9. The number of hydrogen-bond acceptors (Lipinski definition) is 3. The fourth-order valence-corrected chi connectivity index (χ4v) is 2.04. The fraction of sp³-hybridized carbons (Fsp3) is 0.429. The summed E-state index contributed by atoms with van der Waals surface area (Å²) in [7, 11) is 0. The van der Waals surface area contributed by atoms with Gasteiger partial charge in [-0.15, -0.1) is 0 Å². The van der Waals surface area contributed by atoms with E-state index in [4.69, 9.17) is 4.74 Å². The van der Waals surface area contributed by atoms with Crippen LogP contribution in [0.3, 0.4) is 0 Å². The molecule has 5 heteroatoms. The van der Waals surface area contributed by atoms with E-state index in [1.165, 1.54) is 0 Å². The molecule has 19 heavy (non-hydrogen) atoms. The predicted molar refractivity (Wildman–Crippen MR) is 75.0 cm³/mol. The Morgan fingerprint density at radius 2 is 2.00 bits per heavy atom. The van der Waals surface area contributed by atoms with E-state index in [1.807, 2.05) is 0 Å². The first-order valence-electron chi connectivity index (χ1n) is 5.89. The van der Waals surface area contributed by atoms with Crippen LogP contribution in [0.15, 0.2) is 28.7 Å². The predicted octanol–water partition coefficient (Wildman–Crippen LogP) is 3.35. The van der Waals surface area contributed by atoms with E-state index in [2.05, 4.69) is 15.9 Å². The van der Waals surface area contributed by atoms with Crippen LogP contribution in [-0.4, -0.2) is 22.6 Å². The summed E-state index contributed by atoms with van der Waals surface area (Å²) in [6.45, 7) is 5.25. The van der Waals surface area contributed by atoms with E-state index in [9.17, 15) is 14.7 Å². The number of carbonyl (C=O) groups excluding carboxylic acids is 1. The maximum Gasteiger partial charge on any atom is 0.311 e. The zero-order valence-corrected chi connectivity index (χ0v) is 12.7. The molecule has 0 aliphatic carbocycles. The quantitative estimate of drug-likeness (QED) is 0.861. The minimum absolute atomic E-state index is 0.178. The number of rotatable bonds is 4. The van der Waals surface area contributed by atoms with Gasteiger partial charge in [-0.05, 0) is 38.5 Å². The van der Waals surface area contributed by atoms with Crippen molar-refractivity contribution in [2.45, 2.75) is 38.7 Å². The molecule has 104 valence electrons. The summed E-state index contributed by atoms with van der Waals surface area (Å²) in [4.78, 5) is 23.0. The second-order valence-electron chi connectivity index (χ2n) is 5.24. The van der Waals surface area contributed by atoms with Crippen LogP contribution in [0.5, 0.6) is 0 Å². The van der Waals surface area contributed by atoms with E-state index in [0.29, 0.717) is 5.56 Å². The molecule has 0 saturated heterocycles. The van der Waals surface area contributed by atoms with Crippen molar-refractivity contribution in [2.75, 3.05) is 0 Å². The second kappa shape index (κ2) is 6.19. The Bertz CT molecular complexity index is 477. The lowest BCUT2D eigenvalue weighted by Crippen LogP contribution is -2.26. The Balaban J connectivity index is 2.85. The molecule has 1 aromatic carbocycles. The average Bonchev–Trinajstić information content (AvgIpc) is 2.23. The Morgan fingerprint density at radius 1 is 1.37 bits per heavy atom. The Labute approximate surface area is 120 Å². The largest absolute Gasteiger partial charge is 0.481 e. The number of carbonyl (C=O) groups is 2. The monoisotopic (exact) mass is 328 g/mol. The van der Waals surface area contributed by atoms with Gasteiger partial charge in [0.25, 0.3) is 0 Å². The van der Waals surface area contributed by atoms with Crippen LogP contribution in [0.25, 0.3) is 0 Å². The molecule has 0 aromatic heterocycles. The lowest BCUT2D eigenvalue weighted by Gasteiger charge is -2.21. The molecule has 0 heterocycles. The van der Waals surface area contributed by atoms with Crippen LogP contribution >= 0.6 is 15.9 Å². The summed E-state index contributed by atoms with van der Waals surface area (Å²) in [5.41, 5.74) is -0.0371. The third kappa shape index (κ3) is 5.42. The molecule has 4 nitrogen and oxygen atoms in total. The van der Waals surface area contributed by atoms with Gasteiger partial charge in [0.1, 0.15) is 5.60 Å². The van der Waals surface area contributed by atoms with Gasteiger partial charge in [-0.2, -0.15) is 0 Å². The molecule has 0 spiro atoms. The van der Waals surface area contributed by atoms with Gasteiger partial charge in [0.05, 0.1) is 12.3 Å². The Morgan fingerprint density at radius 3 is 2.47 bits per heavy atom. The smallest absolute Gasteiger partial charge is 0.311 e. The highest BCUT2D eigenvalue weighted by Gasteiger charge is 2.26. The Hall–Kier alpha value is -1.36. The van der Waals surface area contributed by atoms with Gasteiger partial charge in [-0.25, -0.2) is 0 Å². The molecule has 0 bridgehead atoms. The summed E-state index contributed by atoms with van der Waals surface area (Å²) in [6, 6.07) is 6.93. The third-order valence-electron chi connectivity index (χ3n) is 2.34. The molecule has 1 aromatic rings. The molecule has 0 saturated carbocycles. The molecule has 0 aliphatic rings. The summed E-state index contributed by atoms with van der Waals surface area (Å²) in [5.74, 6) is -2.45. The molecule has 1 N–H and O–H groups in total. The first kappa shape index (κ1) is 15.7. The van der Waals surface area contributed by atoms with Gasteiger partial charge in [0.2, 0.25) is 0 Å². The fourth-order valence-electron chi connectivity index (χ4n) is 1.62. The minimum atomic E-state index is -1.04. The van der Waals surface area contributed by atoms with E-state index in [1.54, 1.807) is 45.0 Å². The van der Waals surface area contributed by atoms with Crippen LogP contribution in [0.1, 0.15) is 38.7 Å². The molecular weight excluding hydrogens is 312 g/mol. The van der Waals surface area contributed by atoms with E-state index < -0.39 is 23.5 Å². The summed E-state index contributed by atoms with van der Waals surface area (Å²) < 4.78 is 5.93. The molecular formula is C14H17BrO4. The average molecular weight is 329 g/mol. The Kier molecular flexibility index (Phi) is 5.11. The highest BCUT2D eigenvalue weighted by molar-refractivity contribution is 9.10. The van der Waals surface area contributed by atoms with Crippen LogP contribution in [-0.2, 0) is 14.3 Å². The highest BCUT2D eigenvalue weighted by Crippen LogP contribution is 2.24. The van der Waals surface area contributed by atoms with Gasteiger partial charge < -0.3 is 9.84 Å². The minimum Gasteiger partial charge on any atom is -0.481 e. The zero-order chi connectivity index (χ0) is 14.6. The molecule has 0 radical (unpaired) electrons. The van der Waals surface area contributed by atoms with Crippen molar-refractivity contribution in [1.29, 1.82) is 0 Å². The lowest BCUT2D eigenvalue weighted by molar-refractivity contribution is -0.158. The maximum absolute atomic E-state index is 11.7. The first-order chi connectivity index (χ1) is 8.69. The molecule has 0 amide bonds. The van der Waals surface area contributed by atoms with Crippen molar-refractivity contribution in [2.24, 2.45) is 0 Å². The van der Waals surface area contributed by atoms with Crippen molar-refractivity contribution in [3.63, 3.8) is 0 Å². The van der Waals surface area contributed by atoms with Crippen LogP contribution < -0.4 is 0 Å². The van der Waals surface area contributed by atoms with Gasteiger partial charge >= 0.3 is 11.9 Å².